The third-order valence-corrected chi connectivity index (χ3v) is 6.65. The lowest BCUT2D eigenvalue weighted by Gasteiger charge is -2.36. The highest BCUT2D eigenvalue weighted by Gasteiger charge is 2.41. The number of carbonyl (C=O) groups is 2. The zero-order chi connectivity index (χ0) is 25.7. The molecule has 188 valence electrons. The number of pyridine rings is 1. The number of methoxy groups -OCH3 is 2. The summed E-state index contributed by atoms with van der Waals surface area (Å²) in [6.07, 6.45) is 3.49. The maximum Gasteiger partial charge on any atom is 0.338 e. The lowest BCUT2D eigenvalue weighted by Crippen LogP contribution is -2.38. The van der Waals surface area contributed by atoms with Crippen LogP contribution < -0.4 is 14.8 Å². The van der Waals surface area contributed by atoms with Crippen molar-refractivity contribution in [3.63, 3.8) is 0 Å². The summed E-state index contributed by atoms with van der Waals surface area (Å²) in [5.74, 6) is 0.567. The normalized spacial score (nSPS) is 16.7. The van der Waals surface area contributed by atoms with Crippen LogP contribution >= 0.6 is 11.8 Å². The van der Waals surface area contributed by atoms with Crippen LogP contribution in [0.2, 0.25) is 0 Å². The summed E-state index contributed by atoms with van der Waals surface area (Å²) < 4.78 is 16.4. The number of hydrogen-bond donors (Lipinski definition) is 1. The lowest BCUT2D eigenvalue weighted by atomic mass is 9.93. The van der Waals surface area contributed by atoms with E-state index in [9.17, 15) is 9.59 Å². The predicted molar refractivity (Wildman–Crippen MR) is 137 cm³/mol. The van der Waals surface area contributed by atoms with E-state index in [4.69, 9.17) is 14.2 Å². The number of allylic oxidation sites excluding steroid dienone is 1. The van der Waals surface area contributed by atoms with Crippen LogP contribution in [0.1, 0.15) is 37.4 Å². The standard InChI is InChI=1S/C26H28N4O5S/c1-5-35-25(32)23-16(2)29-26-30(24(23)18-10-20(33-3)13-21(11-18)34-4)19(15-36-26)12-22(31)28-14-17-6-8-27-9-7-17/h6-11,13,15,24H,5,12,14H2,1-4H3,(H,28,31)/t24-/m1/s1. The Kier molecular flexibility index (Phi) is 7.94. The number of benzene rings is 1. The fourth-order valence-electron chi connectivity index (χ4n) is 4.07. The monoisotopic (exact) mass is 508 g/mol. The van der Waals surface area contributed by atoms with E-state index in [-0.39, 0.29) is 18.9 Å². The van der Waals surface area contributed by atoms with Gasteiger partial charge in [0.15, 0.2) is 5.17 Å². The van der Waals surface area contributed by atoms with Crippen molar-refractivity contribution >= 4 is 28.8 Å². The molecule has 2 aromatic rings. The van der Waals surface area contributed by atoms with E-state index < -0.39 is 12.0 Å². The molecule has 0 saturated heterocycles. The number of thioether (sulfide) groups is 1. The van der Waals surface area contributed by atoms with Crippen molar-refractivity contribution in [2.45, 2.75) is 32.9 Å². The smallest absolute Gasteiger partial charge is 0.338 e. The maximum absolute atomic E-state index is 13.1. The molecule has 4 rings (SSSR count). The number of fused-ring (bicyclic) bond motifs is 1. The van der Waals surface area contributed by atoms with E-state index in [0.717, 1.165) is 16.8 Å². The largest absolute Gasteiger partial charge is 0.497 e. The SMILES string of the molecule is CCOC(=O)C1=C(C)N=C2SC=C(CC(=O)NCc3ccncc3)N2[C@@H]1c1cc(OC)cc(OC)c1. The summed E-state index contributed by atoms with van der Waals surface area (Å²) >= 11 is 1.42. The molecule has 1 N–H and O–H groups in total. The Hall–Kier alpha value is -3.79. The number of aliphatic imine (C=N–C) groups is 1. The topological polar surface area (TPSA) is 102 Å². The van der Waals surface area contributed by atoms with Gasteiger partial charge in [-0.15, -0.1) is 0 Å². The van der Waals surface area contributed by atoms with Gasteiger partial charge in [-0.25, -0.2) is 9.79 Å². The molecule has 0 bridgehead atoms. The second-order valence-corrected chi connectivity index (χ2v) is 8.91. The maximum atomic E-state index is 13.1. The van der Waals surface area contributed by atoms with Crippen molar-refractivity contribution in [3.8, 4) is 11.5 Å². The minimum Gasteiger partial charge on any atom is -0.497 e. The van der Waals surface area contributed by atoms with Gasteiger partial charge in [-0.2, -0.15) is 0 Å². The Bertz CT molecular complexity index is 1220. The van der Waals surface area contributed by atoms with E-state index in [0.29, 0.717) is 34.5 Å². The molecule has 9 nitrogen and oxygen atoms in total. The van der Waals surface area contributed by atoms with E-state index in [1.54, 1.807) is 46.5 Å². The van der Waals surface area contributed by atoms with Gasteiger partial charge in [0.2, 0.25) is 5.91 Å². The summed E-state index contributed by atoms with van der Waals surface area (Å²) in [6, 6.07) is 8.61. The first-order valence-corrected chi connectivity index (χ1v) is 12.3. The molecule has 0 saturated carbocycles. The predicted octanol–water partition coefficient (Wildman–Crippen LogP) is 3.94. The minimum atomic E-state index is -0.574. The van der Waals surface area contributed by atoms with E-state index in [2.05, 4.69) is 15.3 Å². The van der Waals surface area contributed by atoms with Crippen molar-refractivity contribution in [2.24, 2.45) is 4.99 Å². The molecule has 36 heavy (non-hydrogen) atoms. The molecule has 1 aromatic carbocycles. The average Bonchev–Trinajstić information content (AvgIpc) is 3.28. The van der Waals surface area contributed by atoms with Gasteiger partial charge in [-0.3, -0.25) is 9.78 Å². The van der Waals surface area contributed by atoms with E-state index >= 15 is 0 Å². The van der Waals surface area contributed by atoms with Crippen LogP contribution in [0.15, 0.2) is 70.1 Å². The molecule has 1 amide bonds. The van der Waals surface area contributed by atoms with Crippen molar-refractivity contribution in [1.29, 1.82) is 0 Å². The van der Waals surface area contributed by atoms with Gasteiger partial charge in [-0.05, 0) is 54.6 Å². The quantitative estimate of drug-likeness (QED) is 0.508. The van der Waals surface area contributed by atoms with Crippen molar-refractivity contribution in [2.75, 3.05) is 20.8 Å². The molecule has 0 unspecified atom stereocenters. The second-order valence-electron chi connectivity index (χ2n) is 8.07. The van der Waals surface area contributed by atoms with Gasteiger partial charge in [0.25, 0.3) is 0 Å². The Morgan fingerprint density at radius 3 is 2.44 bits per heavy atom. The van der Waals surface area contributed by atoms with E-state index in [1.165, 1.54) is 11.8 Å². The number of amidine groups is 1. The van der Waals surface area contributed by atoms with Crippen LogP contribution in [-0.4, -0.2) is 47.8 Å². The summed E-state index contributed by atoms with van der Waals surface area (Å²) in [7, 11) is 3.15. The number of nitrogens with one attached hydrogen (secondary N) is 1. The van der Waals surface area contributed by atoms with Crippen LogP contribution in [0.5, 0.6) is 11.5 Å². The highest BCUT2D eigenvalue weighted by Crippen LogP contribution is 2.46. The molecule has 0 aliphatic carbocycles. The summed E-state index contributed by atoms with van der Waals surface area (Å²) in [4.78, 5) is 36.6. The Morgan fingerprint density at radius 1 is 1.11 bits per heavy atom. The number of rotatable bonds is 9. The molecular formula is C26H28N4O5S. The van der Waals surface area contributed by atoms with Crippen LogP contribution in [-0.2, 0) is 20.9 Å². The van der Waals surface area contributed by atoms with Crippen LogP contribution in [0.3, 0.4) is 0 Å². The first kappa shape index (κ1) is 25.3. The summed E-state index contributed by atoms with van der Waals surface area (Å²) in [6.45, 7) is 4.18. The molecule has 0 fully saturated rings. The molecule has 3 heterocycles. The van der Waals surface area contributed by atoms with Crippen molar-refractivity contribution in [3.05, 3.63) is 76.2 Å². The van der Waals surface area contributed by atoms with Gasteiger partial charge in [0, 0.05) is 30.7 Å². The number of nitrogens with zero attached hydrogens (tertiary/aromatic N) is 3. The van der Waals surface area contributed by atoms with E-state index in [1.807, 2.05) is 34.6 Å². The van der Waals surface area contributed by atoms with Gasteiger partial charge < -0.3 is 24.4 Å². The third-order valence-electron chi connectivity index (χ3n) is 5.77. The number of esters is 1. The first-order chi connectivity index (χ1) is 17.4. The molecule has 0 spiro atoms. The average molecular weight is 509 g/mol. The third kappa shape index (κ3) is 5.38. The Morgan fingerprint density at radius 2 is 1.81 bits per heavy atom. The molecular weight excluding hydrogens is 480 g/mol. The van der Waals surface area contributed by atoms with Crippen molar-refractivity contribution < 1.29 is 23.8 Å². The van der Waals surface area contributed by atoms with Crippen LogP contribution in [0.4, 0.5) is 0 Å². The number of aromatic nitrogens is 1. The Balaban J connectivity index is 1.67. The number of ether oxygens (including phenoxy) is 3. The fraction of sp³-hybridized carbons (Fsp3) is 0.308. The zero-order valence-electron chi connectivity index (χ0n) is 20.6. The van der Waals surface area contributed by atoms with Gasteiger partial charge in [0.05, 0.1) is 44.6 Å². The second kappa shape index (κ2) is 11.3. The fourth-order valence-corrected chi connectivity index (χ4v) is 5.03. The van der Waals surface area contributed by atoms with Gasteiger partial charge in [0.1, 0.15) is 11.5 Å². The molecule has 1 aromatic heterocycles. The molecule has 1 atom stereocenters. The molecule has 10 heteroatoms. The number of hydrogen-bond acceptors (Lipinski definition) is 9. The van der Waals surface area contributed by atoms with Crippen LogP contribution in [0.25, 0.3) is 0 Å². The van der Waals surface area contributed by atoms with Crippen molar-refractivity contribution in [1.82, 2.24) is 15.2 Å². The van der Waals surface area contributed by atoms with Crippen LogP contribution in [0, 0.1) is 0 Å². The summed E-state index contributed by atoms with van der Waals surface area (Å²) in [5, 5.41) is 5.53. The molecule has 0 radical (unpaired) electrons. The Labute approximate surface area is 214 Å². The summed E-state index contributed by atoms with van der Waals surface area (Å²) in [5.41, 5.74) is 3.41. The minimum absolute atomic E-state index is 0.115. The lowest BCUT2D eigenvalue weighted by molar-refractivity contribution is -0.139. The number of amides is 1. The number of carbonyl (C=O) groups excluding carboxylic acids is 2. The zero-order valence-corrected chi connectivity index (χ0v) is 21.4. The van der Waals surface area contributed by atoms with Gasteiger partial charge in [-0.1, -0.05) is 11.8 Å². The first-order valence-electron chi connectivity index (χ1n) is 11.4. The highest BCUT2D eigenvalue weighted by atomic mass is 32.2. The highest BCUT2D eigenvalue weighted by molar-refractivity contribution is 8.16. The molecule has 2 aliphatic rings. The van der Waals surface area contributed by atoms with Gasteiger partial charge >= 0.3 is 5.97 Å². The molecule has 2 aliphatic heterocycles.